The van der Waals surface area contributed by atoms with E-state index in [-0.39, 0.29) is 10.8 Å². The van der Waals surface area contributed by atoms with Crippen LogP contribution >= 0.6 is 0 Å². The number of rotatable bonds is 7. The average Bonchev–Trinajstić information content (AvgIpc) is 3.64. The number of hydrogen-bond acceptors (Lipinski definition) is 4. The molecule has 3 heterocycles. The predicted molar refractivity (Wildman–Crippen MR) is 262 cm³/mol. The molecule has 3 aromatic heterocycles. The Morgan fingerprint density at radius 2 is 0.730 bits per heavy atom. The summed E-state index contributed by atoms with van der Waals surface area (Å²) >= 11 is 0. The molecule has 0 radical (unpaired) electrons. The van der Waals surface area contributed by atoms with Crippen LogP contribution in [0.5, 0.6) is 0 Å². The van der Waals surface area contributed by atoms with Crippen molar-refractivity contribution in [2.24, 2.45) is 0 Å². The molecular formula is C58H49N5. The third-order valence-electron chi connectivity index (χ3n) is 12.0. The van der Waals surface area contributed by atoms with Crippen molar-refractivity contribution < 1.29 is 0 Å². The van der Waals surface area contributed by atoms with Crippen LogP contribution in [-0.4, -0.2) is 24.5 Å². The minimum atomic E-state index is -0.0330. The fourth-order valence-electron chi connectivity index (χ4n) is 8.46. The average molecular weight is 816 g/mol. The van der Waals surface area contributed by atoms with Gasteiger partial charge in [0, 0.05) is 33.7 Å². The van der Waals surface area contributed by atoms with Crippen LogP contribution in [0, 0.1) is 0 Å². The van der Waals surface area contributed by atoms with Crippen molar-refractivity contribution in [3.8, 4) is 73.4 Å². The Balaban J connectivity index is 1.29. The Kier molecular flexibility index (Phi) is 9.91. The third-order valence-corrected chi connectivity index (χ3v) is 12.0. The lowest BCUT2D eigenvalue weighted by Crippen LogP contribution is -2.10. The van der Waals surface area contributed by atoms with Crippen LogP contribution in [0.4, 0.5) is 0 Å². The van der Waals surface area contributed by atoms with E-state index in [1.807, 2.05) is 42.6 Å². The summed E-state index contributed by atoms with van der Waals surface area (Å²) in [5.74, 6) is 2.49. The predicted octanol–water partition coefficient (Wildman–Crippen LogP) is 15.0. The first-order valence-corrected chi connectivity index (χ1v) is 21.7. The number of aromatic nitrogens is 5. The maximum absolute atomic E-state index is 5.49. The van der Waals surface area contributed by atoms with E-state index in [1.54, 1.807) is 0 Å². The van der Waals surface area contributed by atoms with Crippen molar-refractivity contribution in [1.29, 1.82) is 0 Å². The van der Waals surface area contributed by atoms with Gasteiger partial charge < -0.3 is 0 Å². The SMILES string of the molecule is CC(C)(C)c1ccc2c(c1)c1cc(C(C)(C)C)ccc1n2-c1ncc(-c2cc(-c3ccccc3)cc(-c3ccccc3)c2)cc1-c1nc(-c2ccccc2)nc(-c2ccccc2)n1. The van der Waals surface area contributed by atoms with E-state index in [4.69, 9.17) is 19.9 Å². The molecule has 0 aliphatic heterocycles. The van der Waals surface area contributed by atoms with Crippen LogP contribution in [0.2, 0.25) is 0 Å². The van der Waals surface area contributed by atoms with Gasteiger partial charge in [0.1, 0.15) is 5.82 Å². The first-order chi connectivity index (χ1) is 30.5. The summed E-state index contributed by atoms with van der Waals surface area (Å²) in [5, 5.41) is 2.38. The maximum Gasteiger partial charge on any atom is 0.167 e. The molecule has 0 spiro atoms. The Hall–Kier alpha value is -7.50. The summed E-state index contributed by atoms with van der Waals surface area (Å²) in [6.45, 7) is 13.7. The normalized spacial score (nSPS) is 12.0. The minimum Gasteiger partial charge on any atom is -0.293 e. The summed E-state index contributed by atoms with van der Waals surface area (Å²) < 4.78 is 2.31. The van der Waals surface area contributed by atoms with E-state index in [2.05, 4.69) is 192 Å². The Morgan fingerprint density at radius 3 is 1.14 bits per heavy atom. The Bertz CT molecular complexity index is 3080. The second-order valence-electron chi connectivity index (χ2n) is 18.5. The molecule has 0 aliphatic rings. The van der Waals surface area contributed by atoms with Crippen molar-refractivity contribution in [1.82, 2.24) is 24.5 Å². The van der Waals surface area contributed by atoms with Crippen LogP contribution in [0.3, 0.4) is 0 Å². The van der Waals surface area contributed by atoms with E-state index >= 15 is 0 Å². The molecule has 10 aromatic rings. The lowest BCUT2D eigenvalue weighted by atomic mass is 9.85. The molecular weight excluding hydrogens is 767 g/mol. The molecule has 63 heavy (non-hydrogen) atoms. The summed E-state index contributed by atoms with van der Waals surface area (Å²) in [4.78, 5) is 21.2. The standard InChI is InChI=1S/C58H49N5/c1-57(2,3)46-27-29-51-48(35-46)49-36-47(58(4,5)6)28-30-52(49)63(51)56-50(55-61-53(40-23-15-9-16-24-40)60-54(62-55)41-25-17-10-18-26-41)34-45(37-59-56)44-32-42(38-19-11-7-12-20-38)31-43(33-44)39-21-13-8-14-22-39/h7-37H,1-6H3. The molecule has 0 aliphatic carbocycles. The molecule has 0 saturated heterocycles. The van der Waals surface area contributed by atoms with Gasteiger partial charge in [0.15, 0.2) is 17.5 Å². The van der Waals surface area contributed by atoms with Crippen LogP contribution < -0.4 is 0 Å². The van der Waals surface area contributed by atoms with Crippen molar-refractivity contribution in [2.75, 3.05) is 0 Å². The number of nitrogens with zero attached hydrogens (tertiary/aromatic N) is 5. The van der Waals surface area contributed by atoms with Gasteiger partial charge in [-0.3, -0.25) is 4.57 Å². The Morgan fingerprint density at radius 1 is 0.349 bits per heavy atom. The zero-order valence-electron chi connectivity index (χ0n) is 36.6. The first-order valence-electron chi connectivity index (χ1n) is 21.7. The molecule has 0 fully saturated rings. The monoisotopic (exact) mass is 815 g/mol. The van der Waals surface area contributed by atoms with Gasteiger partial charge in [0.25, 0.3) is 0 Å². The molecule has 0 saturated carbocycles. The van der Waals surface area contributed by atoms with Gasteiger partial charge in [-0.05, 0) is 98.3 Å². The van der Waals surface area contributed by atoms with Crippen molar-refractivity contribution in [2.45, 2.75) is 52.4 Å². The summed E-state index contributed by atoms with van der Waals surface area (Å²) in [5.41, 5.74) is 13.8. The van der Waals surface area contributed by atoms with Gasteiger partial charge in [-0.2, -0.15) is 0 Å². The molecule has 0 N–H and O–H groups in total. The van der Waals surface area contributed by atoms with Gasteiger partial charge in [-0.1, -0.05) is 175 Å². The van der Waals surface area contributed by atoms with Gasteiger partial charge in [-0.25, -0.2) is 19.9 Å². The van der Waals surface area contributed by atoms with E-state index in [0.29, 0.717) is 17.5 Å². The molecule has 0 unspecified atom stereocenters. The highest BCUT2D eigenvalue weighted by Crippen LogP contribution is 2.41. The summed E-state index contributed by atoms with van der Waals surface area (Å²) in [6.07, 6.45) is 2.01. The topological polar surface area (TPSA) is 56.5 Å². The zero-order valence-corrected chi connectivity index (χ0v) is 36.6. The van der Waals surface area contributed by atoms with Crippen molar-refractivity contribution >= 4 is 21.8 Å². The molecule has 5 nitrogen and oxygen atoms in total. The van der Waals surface area contributed by atoms with E-state index in [0.717, 1.165) is 66.9 Å². The second kappa shape index (κ2) is 15.8. The molecule has 7 aromatic carbocycles. The Labute approximate surface area is 369 Å². The van der Waals surface area contributed by atoms with Gasteiger partial charge in [0.05, 0.1) is 16.6 Å². The number of hydrogen-bond donors (Lipinski definition) is 0. The first kappa shape index (κ1) is 39.6. The molecule has 0 bridgehead atoms. The minimum absolute atomic E-state index is 0.0330. The second-order valence-corrected chi connectivity index (χ2v) is 18.5. The van der Waals surface area contributed by atoms with Gasteiger partial charge >= 0.3 is 0 Å². The molecule has 10 rings (SSSR count). The highest BCUT2D eigenvalue weighted by atomic mass is 15.1. The number of pyridine rings is 1. The van der Waals surface area contributed by atoms with Gasteiger partial charge in [0.2, 0.25) is 0 Å². The molecule has 5 heteroatoms. The van der Waals surface area contributed by atoms with Crippen LogP contribution in [0.25, 0.3) is 95.2 Å². The largest absolute Gasteiger partial charge is 0.293 e. The van der Waals surface area contributed by atoms with Gasteiger partial charge in [-0.15, -0.1) is 0 Å². The van der Waals surface area contributed by atoms with E-state index in [9.17, 15) is 0 Å². The lowest BCUT2D eigenvalue weighted by Gasteiger charge is -2.19. The lowest BCUT2D eigenvalue weighted by molar-refractivity contribution is 0.590. The van der Waals surface area contributed by atoms with Crippen molar-refractivity contribution in [3.63, 3.8) is 0 Å². The maximum atomic E-state index is 5.49. The van der Waals surface area contributed by atoms with E-state index in [1.165, 1.54) is 21.9 Å². The van der Waals surface area contributed by atoms with Crippen LogP contribution in [0.15, 0.2) is 188 Å². The fraction of sp³-hybridized carbons (Fsp3) is 0.138. The zero-order chi connectivity index (χ0) is 43.3. The molecule has 0 amide bonds. The quantitative estimate of drug-likeness (QED) is 0.161. The number of fused-ring (bicyclic) bond motifs is 3. The summed E-state index contributed by atoms with van der Waals surface area (Å²) in [7, 11) is 0. The third kappa shape index (κ3) is 7.72. The van der Waals surface area contributed by atoms with Crippen molar-refractivity contribution in [3.05, 3.63) is 199 Å². The fourth-order valence-corrected chi connectivity index (χ4v) is 8.46. The molecule has 0 atom stereocenters. The van der Waals surface area contributed by atoms with Crippen LogP contribution in [-0.2, 0) is 10.8 Å². The van der Waals surface area contributed by atoms with Crippen LogP contribution in [0.1, 0.15) is 52.7 Å². The molecule has 306 valence electrons. The summed E-state index contributed by atoms with van der Waals surface area (Å²) in [6, 6.07) is 64.3. The highest BCUT2D eigenvalue weighted by molar-refractivity contribution is 6.10. The number of benzene rings is 7. The highest BCUT2D eigenvalue weighted by Gasteiger charge is 2.25. The smallest absolute Gasteiger partial charge is 0.167 e. The van der Waals surface area contributed by atoms with E-state index < -0.39 is 0 Å².